The van der Waals surface area contributed by atoms with Crippen LogP contribution in [-0.4, -0.2) is 39.1 Å². The zero-order valence-electron chi connectivity index (χ0n) is 10.9. The molecule has 1 amide bonds. The number of thioether (sulfide) groups is 1. The molecule has 1 aliphatic heterocycles. The molecule has 6 heteroatoms. The fourth-order valence-corrected chi connectivity index (χ4v) is 3.29. The van der Waals surface area contributed by atoms with Crippen molar-refractivity contribution >= 4 is 23.6 Å². The van der Waals surface area contributed by atoms with Crippen LogP contribution in [0.25, 0.3) is 0 Å². The number of nitrogens with one attached hydrogen (secondary N) is 1. The average Bonchev–Trinajstić information content (AvgIpc) is 2.94. The summed E-state index contributed by atoms with van der Waals surface area (Å²) >= 11 is 1.57. The van der Waals surface area contributed by atoms with Gasteiger partial charge in [-0.3, -0.25) is 4.79 Å². The molecule has 1 heterocycles. The third-order valence-electron chi connectivity index (χ3n) is 3.21. The van der Waals surface area contributed by atoms with Crippen LogP contribution < -0.4 is 5.32 Å². The first-order valence-electron chi connectivity index (χ1n) is 6.49. The van der Waals surface area contributed by atoms with E-state index in [1.807, 2.05) is 0 Å². The molecule has 1 unspecified atom stereocenters. The van der Waals surface area contributed by atoms with E-state index >= 15 is 0 Å². The van der Waals surface area contributed by atoms with Crippen LogP contribution in [0.2, 0.25) is 0 Å². The number of carbonyl (C=O) groups is 2. The number of carbonyl (C=O) groups excluding carboxylic acids is 1. The van der Waals surface area contributed by atoms with Crippen molar-refractivity contribution in [3.63, 3.8) is 0 Å². The summed E-state index contributed by atoms with van der Waals surface area (Å²) in [7, 11) is 0. The van der Waals surface area contributed by atoms with Crippen molar-refractivity contribution in [2.75, 3.05) is 5.75 Å². The number of phenols is 1. The van der Waals surface area contributed by atoms with Crippen LogP contribution in [-0.2, 0) is 16.0 Å². The third kappa shape index (κ3) is 3.90. The van der Waals surface area contributed by atoms with Crippen LogP contribution in [0.15, 0.2) is 24.3 Å². The maximum atomic E-state index is 12.0. The number of benzene rings is 1. The van der Waals surface area contributed by atoms with Crippen LogP contribution in [0.1, 0.15) is 18.4 Å². The normalized spacial score (nSPS) is 19.5. The molecule has 2 atom stereocenters. The molecule has 0 saturated carbocycles. The number of aromatic hydroxyl groups is 1. The van der Waals surface area contributed by atoms with Gasteiger partial charge in [0.25, 0.3) is 0 Å². The van der Waals surface area contributed by atoms with E-state index < -0.39 is 12.0 Å². The molecule has 0 aliphatic carbocycles. The number of hydrogen-bond acceptors (Lipinski definition) is 4. The first-order valence-corrected chi connectivity index (χ1v) is 7.54. The molecule has 2 rings (SSSR count). The highest BCUT2D eigenvalue weighted by molar-refractivity contribution is 8.00. The van der Waals surface area contributed by atoms with E-state index in [2.05, 4.69) is 5.32 Å². The minimum absolute atomic E-state index is 0.128. The predicted molar refractivity (Wildman–Crippen MR) is 76.9 cm³/mol. The third-order valence-corrected chi connectivity index (χ3v) is 4.59. The molecule has 0 radical (unpaired) electrons. The molecule has 1 aliphatic rings. The Bertz CT molecular complexity index is 482. The Kier molecular flexibility index (Phi) is 4.89. The Morgan fingerprint density at radius 2 is 2.05 bits per heavy atom. The summed E-state index contributed by atoms with van der Waals surface area (Å²) < 4.78 is 0. The fraction of sp³-hybridized carbons (Fsp3) is 0.429. The lowest BCUT2D eigenvalue weighted by Crippen LogP contribution is -2.45. The van der Waals surface area contributed by atoms with Crippen LogP contribution >= 0.6 is 11.8 Å². The second kappa shape index (κ2) is 6.65. The van der Waals surface area contributed by atoms with E-state index in [1.165, 1.54) is 12.1 Å². The predicted octanol–water partition coefficient (Wildman–Crippen LogP) is 1.40. The van der Waals surface area contributed by atoms with Gasteiger partial charge in [0.2, 0.25) is 5.91 Å². The minimum atomic E-state index is -1.05. The first kappa shape index (κ1) is 14.7. The second-order valence-electron chi connectivity index (χ2n) is 4.77. The van der Waals surface area contributed by atoms with Crippen molar-refractivity contribution in [3.8, 4) is 5.75 Å². The molecule has 0 spiro atoms. The summed E-state index contributed by atoms with van der Waals surface area (Å²) in [6.45, 7) is 0. The van der Waals surface area contributed by atoms with Gasteiger partial charge in [-0.1, -0.05) is 12.1 Å². The summed E-state index contributed by atoms with van der Waals surface area (Å²) in [4.78, 5) is 23.2. The zero-order valence-corrected chi connectivity index (χ0v) is 11.7. The van der Waals surface area contributed by atoms with Crippen LogP contribution in [0.3, 0.4) is 0 Å². The molecular weight excluding hydrogens is 278 g/mol. The number of carboxylic acids is 1. The van der Waals surface area contributed by atoms with E-state index in [9.17, 15) is 19.8 Å². The quantitative estimate of drug-likeness (QED) is 0.764. The number of rotatable bonds is 5. The molecule has 5 nitrogen and oxygen atoms in total. The SMILES string of the molecule is O=C(N[C@H](Cc1ccc(O)cc1)C(=O)O)C1CCCS1. The molecule has 0 bridgehead atoms. The summed E-state index contributed by atoms with van der Waals surface area (Å²) in [5.74, 6) is -0.159. The maximum Gasteiger partial charge on any atom is 0.326 e. The van der Waals surface area contributed by atoms with Gasteiger partial charge in [-0.25, -0.2) is 4.79 Å². The molecule has 1 fully saturated rings. The van der Waals surface area contributed by atoms with Crippen molar-refractivity contribution in [1.82, 2.24) is 5.32 Å². The first-order chi connectivity index (χ1) is 9.56. The number of aliphatic carboxylic acids is 1. The van der Waals surface area contributed by atoms with Crippen LogP contribution in [0, 0.1) is 0 Å². The largest absolute Gasteiger partial charge is 0.508 e. The van der Waals surface area contributed by atoms with Gasteiger partial charge in [0, 0.05) is 6.42 Å². The topological polar surface area (TPSA) is 86.6 Å². The van der Waals surface area contributed by atoms with Gasteiger partial charge in [0.1, 0.15) is 11.8 Å². The molecule has 1 saturated heterocycles. The van der Waals surface area contributed by atoms with Gasteiger partial charge in [0.05, 0.1) is 5.25 Å². The smallest absolute Gasteiger partial charge is 0.326 e. The summed E-state index contributed by atoms with van der Waals surface area (Å²) in [5.41, 5.74) is 0.759. The van der Waals surface area contributed by atoms with Crippen LogP contribution in [0.4, 0.5) is 0 Å². The lowest BCUT2D eigenvalue weighted by Gasteiger charge is -2.17. The van der Waals surface area contributed by atoms with Gasteiger partial charge in [0.15, 0.2) is 0 Å². The van der Waals surface area contributed by atoms with Gasteiger partial charge in [-0.05, 0) is 36.3 Å². The van der Waals surface area contributed by atoms with E-state index in [-0.39, 0.29) is 23.3 Å². The Balaban J connectivity index is 1.98. The summed E-state index contributed by atoms with van der Waals surface area (Å²) in [6.07, 6.45) is 2.01. The fourth-order valence-electron chi connectivity index (χ4n) is 2.12. The van der Waals surface area contributed by atoms with Gasteiger partial charge >= 0.3 is 5.97 Å². The lowest BCUT2D eigenvalue weighted by molar-refractivity contribution is -0.141. The summed E-state index contributed by atoms with van der Waals surface area (Å²) in [5, 5.41) is 20.9. The number of hydrogen-bond donors (Lipinski definition) is 3. The zero-order chi connectivity index (χ0) is 14.5. The number of carboxylic acid groups (broad SMARTS) is 1. The Hall–Kier alpha value is -1.69. The van der Waals surface area contributed by atoms with Crippen molar-refractivity contribution in [2.24, 2.45) is 0 Å². The Morgan fingerprint density at radius 3 is 2.60 bits per heavy atom. The molecule has 1 aromatic rings. The second-order valence-corrected chi connectivity index (χ2v) is 6.08. The average molecular weight is 295 g/mol. The highest BCUT2D eigenvalue weighted by Crippen LogP contribution is 2.26. The molecule has 0 aromatic heterocycles. The highest BCUT2D eigenvalue weighted by atomic mass is 32.2. The van der Waals surface area contributed by atoms with Gasteiger partial charge in [-0.2, -0.15) is 0 Å². The standard InChI is InChI=1S/C14H17NO4S/c16-10-5-3-9(4-6-10)8-11(14(18)19)15-13(17)12-2-1-7-20-12/h3-6,11-12,16H,1-2,7-8H2,(H,15,17)(H,18,19)/t11-,12?/m1/s1. The Labute approximate surface area is 121 Å². The molecular formula is C14H17NO4S. The molecule has 1 aromatic carbocycles. The Morgan fingerprint density at radius 1 is 1.35 bits per heavy atom. The molecule has 108 valence electrons. The highest BCUT2D eigenvalue weighted by Gasteiger charge is 2.27. The maximum absolute atomic E-state index is 12.0. The lowest BCUT2D eigenvalue weighted by atomic mass is 10.1. The van der Waals surface area contributed by atoms with Gasteiger partial charge in [-0.15, -0.1) is 11.8 Å². The monoisotopic (exact) mass is 295 g/mol. The van der Waals surface area contributed by atoms with Crippen molar-refractivity contribution < 1.29 is 19.8 Å². The molecule has 20 heavy (non-hydrogen) atoms. The minimum Gasteiger partial charge on any atom is -0.508 e. The van der Waals surface area contributed by atoms with Crippen molar-refractivity contribution in [2.45, 2.75) is 30.6 Å². The van der Waals surface area contributed by atoms with Crippen molar-refractivity contribution in [3.05, 3.63) is 29.8 Å². The van der Waals surface area contributed by atoms with E-state index in [1.54, 1.807) is 23.9 Å². The summed E-state index contributed by atoms with van der Waals surface area (Å²) in [6, 6.07) is 5.38. The molecule has 3 N–H and O–H groups in total. The van der Waals surface area contributed by atoms with E-state index in [4.69, 9.17) is 0 Å². The van der Waals surface area contributed by atoms with E-state index in [0.717, 1.165) is 24.2 Å². The van der Waals surface area contributed by atoms with E-state index in [0.29, 0.717) is 0 Å². The van der Waals surface area contributed by atoms with Crippen LogP contribution in [0.5, 0.6) is 5.75 Å². The number of phenolic OH excluding ortho intramolecular Hbond substituents is 1. The number of amides is 1. The van der Waals surface area contributed by atoms with Gasteiger partial charge < -0.3 is 15.5 Å². The van der Waals surface area contributed by atoms with Crippen molar-refractivity contribution in [1.29, 1.82) is 0 Å².